The Morgan fingerprint density at radius 1 is 1.36 bits per heavy atom. The van der Waals surface area contributed by atoms with Crippen molar-refractivity contribution in [2.45, 2.75) is 6.42 Å². The fourth-order valence-electron chi connectivity index (χ4n) is 1.38. The summed E-state index contributed by atoms with van der Waals surface area (Å²) in [6.45, 7) is 2.52. The molecule has 0 aromatic rings. The van der Waals surface area contributed by atoms with E-state index in [0.717, 1.165) is 13.0 Å². The second kappa shape index (κ2) is 5.19. The molecule has 7 heteroatoms. The third-order valence-electron chi connectivity index (χ3n) is 2.23. The van der Waals surface area contributed by atoms with Crippen molar-refractivity contribution in [2.24, 2.45) is 5.11 Å². The molecule has 0 radical (unpaired) electrons. The van der Waals surface area contributed by atoms with E-state index < -0.39 is 9.84 Å². The second-order valence-electron chi connectivity index (χ2n) is 3.30. The minimum absolute atomic E-state index is 0.258. The molecule has 1 aliphatic heterocycles. The van der Waals surface area contributed by atoms with E-state index in [2.05, 4.69) is 14.9 Å². The second-order valence-corrected chi connectivity index (χ2v) is 5.61. The maximum Gasteiger partial charge on any atom is 0.152 e. The number of sulfone groups is 1. The standard InChI is InChI=1S/C7H14N4O2S/c8-10-9-2-1-3-11-4-6-14(12,13)7-5-11/h1-7H2. The molecule has 0 amide bonds. The van der Waals surface area contributed by atoms with Gasteiger partial charge in [-0.15, -0.1) is 0 Å². The first kappa shape index (κ1) is 11.3. The molecule has 0 bridgehead atoms. The molecule has 1 rings (SSSR count). The molecule has 0 spiro atoms. The molecule has 1 saturated heterocycles. The summed E-state index contributed by atoms with van der Waals surface area (Å²) in [5, 5.41) is 3.42. The van der Waals surface area contributed by atoms with Crippen molar-refractivity contribution in [1.29, 1.82) is 0 Å². The zero-order valence-corrected chi connectivity index (χ0v) is 8.78. The fourth-order valence-corrected chi connectivity index (χ4v) is 2.66. The lowest BCUT2D eigenvalue weighted by atomic mass is 10.4. The Kier molecular flexibility index (Phi) is 4.19. The molecule has 1 aliphatic rings. The van der Waals surface area contributed by atoms with Gasteiger partial charge in [0.05, 0.1) is 11.5 Å². The van der Waals surface area contributed by atoms with E-state index in [-0.39, 0.29) is 11.5 Å². The number of hydrogen-bond donors (Lipinski definition) is 0. The molecule has 14 heavy (non-hydrogen) atoms. The molecule has 0 unspecified atom stereocenters. The molecule has 0 aromatic heterocycles. The zero-order valence-electron chi connectivity index (χ0n) is 7.96. The van der Waals surface area contributed by atoms with Crippen molar-refractivity contribution in [3.05, 3.63) is 10.4 Å². The monoisotopic (exact) mass is 218 g/mol. The zero-order chi connectivity index (χ0) is 10.4. The Morgan fingerprint density at radius 3 is 2.57 bits per heavy atom. The van der Waals surface area contributed by atoms with E-state index in [1.807, 2.05) is 0 Å². The van der Waals surface area contributed by atoms with E-state index in [1.54, 1.807) is 0 Å². The first-order chi connectivity index (χ1) is 6.64. The SMILES string of the molecule is [N-]=[N+]=NCCCN1CCS(=O)(=O)CC1. The molecule has 0 atom stereocenters. The van der Waals surface area contributed by atoms with Crippen LogP contribution in [0.15, 0.2) is 5.11 Å². The van der Waals surface area contributed by atoms with Crippen LogP contribution < -0.4 is 0 Å². The molecule has 80 valence electrons. The van der Waals surface area contributed by atoms with Crippen LogP contribution in [0, 0.1) is 0 Å². The first-order valence-corrected chi connectivity index (χ1v) is 6.40. The Labute approximate surface area is 83.4 Å². The minimum Gasteiger partial charge on any atom is -0.301 e. The average Bonchev–Trinajstić information content (AvgIpc) is 2.15. The van der Waals surface area contributed by atoms with Crippen LogP contribution in [-0.4, -0.2) is 51.0 Å². The van der Waals surface area contributed by atoms with Crippen LogP contribution in [0.2, 0.25) is 0 Å². The van der Waals surface area contributed by atoms with Gasteiger partial charge in [0.1, 0.15) is 0 Å². The molecular weight excluding hydrogens is 204 g/mol. The highest BCUT2D eigenvalue weighted by Crippen LogP contribution is 2.03. The summed E-state index contributed by atoms with van der Waals surface area (Å²) < 4.78 is 22.2. The lowest BCUT2D eigenvalue weighted by Gasteiger charge is -2.25. The van der Waals surface area contributed by atoms with Crippen LogP contribution in [0.3, 0.4) is 0 Å². The Bertz CT molecular complexity index is 307. The average molecular weight is 218 g/mol. The van der Waals surface area contributed by atoms with E-state index in [9.17, 15) is 8.42 Å². The number of hydrogen-bond acceptors (Lipinski definition) is 4. The summed E-state index contributed by atoms with van der Waals surface area (Å²) in [5.74, 6) is 0.517. The Balaban J connectivity index is 2.19. The van der Waals surface area contributed by atoms with Gasteiger partial charge < -0.3 is 4.90 Å². The maximum atomic E-state index is 11.1. The van der Waals surface area contributed by atoms with Crippen LogP contribution in [0.1, 0.15) is 6.42 Å². The van der Waals surface area contributed by atoms with Crippen molar-refractivity contribution in [2.75, 3.05) is 37.7 Å². The number of nitrogens with zero attached hydrogens (tertiary/aromatic N) is 4. The van der Waals surface area contributed by atoms with Gasteiger partial charge in [-0.25, -0.2) is 8.42 Å². The van der Waals surface area contributed by atoms with E-state index >= 15 is 0 Å². The Morgan fingerprint density at radius 2 is 2.00 bits per heavy atom. The van der Waals surface area contributed by atoms with Crippen LogP contribution in [0.25, 0.3) is 10.4 Å². The normalized spacial score (nSPS) is 21.4. The smallest absolute Gasteiger partial charge is 0.152 e. The van der Waals surface area contributed by atoms with Crippen molar-refractivity contribution in [3.63, 3.8) is 0 Å². The summed E-state index contributed by atoms with van der Waals surface area (Å²) in [6, 6.07) is 0. The molecule has 1 fully saturated rings. The van der Waals surface area contributed by atoms with Gasteiger partial charge in [-0.2, -0.15) is 0 Å². The van der Waals surface area contributed by atoms with Gasteiger partial charge in [-0.1, -0.05) is 5.11 Å². The quantitative estimate of drug-likeness (QED) is 0.296. The van der Waals surface area contributed by atoms with Gasteiger partial charge in [-0.05, 0) is 18.5 Å². The van der Waals surface area contributed by atoms with Gasteiger partial charge in [-0.3, -0.25) is 0 Å². The van der Waals surface area contributed by atoms with Crippen molar-refractivity contribution < 1.29 is 8.42 Å². The molecule has 0 aliphatic carbocycles. The van der Waals surface area contributed by atoms with E-state index in [4.69, 9.17) is 5.53 Å². The molecule has 1 heterocycles. The van der Waals surface area contributed by atoms with Gasteiger partial charge in [0.2, 0.25) is 0 Å². The molecule has 0 saturated carbocycles. The lowest BCUT2D eigenvalue weighted by molar-refractivity contribution is 0.293. The van der Waals surface area contributed by atoms with Crippen molar-refractivity contribution in [3.8, 4) is 0 Å². The fraction of sp³-hybridized carbons (Fsp3) is 1.00. The highest BCUT2D eigenvalue weighted by atomic mass is 32.2. The molecular formula is C7H14N4O2S. The van der Waals surface area contributed by atoms with Gasteiger partial charge in [0.15, 0.2) is 9.84 Å². The maximum absolute atomic E-state index is 11.1. The van der Waals surface area contributed by atoms with Crippen LogP contribution >= 0.6 is 0 Å². The van der Waals surface area contributed by atoms with E-state index in [1.165, 1.54) is 0 Å². The number of azide groups is 1. The lowest BCUT2D eigenvalue weighted by Crippen LogP contribution is -2.40. The summed E-state index contributed by atoms with van der Waals surface area (Å²) >= 11 is 0. The summed E-state index contributed by atoms with van der Waals surface area (Å²) in [7, 11) is -2.77. The van der Waals surface area contributed by atoms with Gasteiger partial charge in [0.25, 0.3) is 0 Å². The predicted molar refractivity (Wildman–Crippen MR) is 53.7 cm³/mol. The highest BCUT2D eigenvalue weighted by molar-refractivity contribution is 7.91. The third-order valence-corrected chi connectivity index (χ3v) is 3.84. The van der Waals surface area contributed by atoms with Crippen LogP contribution in [-0.2, 0) is 9.84 Å². The summed E-state index contributed by atoms with van der Waals surface area (Å²) in [6.07, 6.45) is 0.796. The van der Waals surface area contributed by atoms with Crippen LogP contribution in [0.5, 0.6) is 0 Å². The summed E-state index contributed by atoms with van der Waals surface area (Å²) in [4.78, 5) is 4.74. The first-order valence-electron chi connectivity index (χ1n) is 4.58. The minimum atomic E-state index is -2.77. The van der Waals surface area contributed by atoms with Gasteiger partial charge >= 0.3 is 0 Å². The van der Waals surface area contributed by atoms with Crippen molar-refractivity contribution in [1.82, 2.24) is 4.90 Å². The van der Waals surface area contributed by atoms with Crippen LogP contribution in [0.4, 0.5) is 0 Å². The molecule has 6 nitrogen and oxygen atoms in total. The predicted octanol–water partition coefficient (Wildman–Crippen LogP) is 0.417. The summed E-state index contributed by atoms with van der Waals surface area (Å²) in [5.41, 5.74) is 8.04. The van der Waals surface area contributed by atoms with E-state index in [0.29, 0.717) is 19.6 Å². The molecule has 0 aromatic carbocycles. The van der Waals surface area contributed by atoms with Gasteiger partial charge in [0, 0.05) is 24.5 Å². The third kappa shape index (κ3) is 3.95. The van der Waals surface area contributed by atoms with Crippen molar-refractivity contribution >= 4 is 9.84 Å². The topological polar surface area (TPSA) is 86.1 Å². The largest absolute Gasteiger partial charge is 0.301 e. The number of rotatable bonds is 4. The highest BCUT2D eigenvalue weighted by Gasteiger charge is 2.20. The Hall–Kier alpha value is -0.780. The molecule has 0 N–H and O–H groups in total.